The maximum absolute atomic E-state index is 12.7. The van der Waals surface area contributed by atoms with E-state index in [1.807, 2.05) is 53.6 Å². The molecule has 128 valence electrons. The smallest absolute Gasteiger partial charge is 0.249 e. The first-order valence-corrected chi connectivity index (χ1v) is 9.31. The van der Waals surface area contributed by atoms with Crippen LogP contribution in [0, 0.1) is 6.92 Å². The van der Waals surface area contributed by atoms with Crippen LogP contribution in [0.25, 0.3) is 11.4 Å². The van der Waals surface area contributed by atoms with Crippen molar-refractivity contribution in [3.8, 4) is 11.4 Å². The van der Waals surface area contributed by atoms with Gasteiger partial charge in [-0.1, -0.05) is 35.0 Å². The number of aryl methyl sites for hydroxylation is 1. The molecular weight excluding hydrogens is 334 g/mol. The fraction of sp³-hybridized carbons (Fsp3) is 0.316. The van der Waals surface area contributed by atoms with Gasteiger partial charge in [-0.25, -0.2) is 0 Å². The summed E-state index contributed by atoms with van der Waals surface area (Å²) < 4.78 is 5.51. The molecule has 3 aromatic rings. The van der Waals surface area contributed by atoms with E-state index in [1.54, 1.807) is 11.3 Å². The van der Waals surface area contributed by atoms with E-state index >= 15 is 0 Å². The summed E-state index contributed by atoms with van der Waals surface area (Å²) >= 11 is 1.61. The molecule has 0 N–H and O–H groups in total. The third kappa shape index (κ3) is 3.35. The highest BCUT2D eigenvalue weighted by Crippen LogP contribution is 2.32. The van der Waals surface area contributed by atoms with Crippen molar-refractivity contribution in [2.75, 3.05) is 6.54 Å². The van der Waals surface area contributed by atoms with Gasteiger partial charge in [0.2, 0.25) is 17.6 Å². The number of nitrogens with zero attached hydrogens (tertiary/aromatic N) is 3. The molecule has 4 rings (SSSR count). The molecule has 3 heterocycles. The Morgan fingerprint density at radius 3 is 3.08 bits per heavy atom. The van der Waals surface area contributed by atoms with E-state index < -0.39 is 0 Å². The Hall–Kier alpha value is -2.47. The van der Waals surface area contributed by atoms with Crippen molar-refractivity contribution >= 4 is 17.2 Å². The van der Waals surface area contributed by atoms with E-state index in [9.17, 15) is 4.79 Å². The van der Waals surface area contributed by atoms with Crippen LogP contribution in [0.3, 0.4) is 0 Å². The van der Waals surface area contributed by atoms with E-state index in [0.29, 0.717) is 18.1 Å². The van der Waals surface area contributed by atoms with Gasteiger partial charge < -0.3 is 9.42 Å². The van der Waals surface area contributed by atoms with Gasteiger partial charge in [0.05, 0.1) is 6.42 Å². The van der Waals surface area contributed by atoms with Gasteiger partial charge in [-0.05, 0) is 37.3 Å². The Kier molecular flexibility index (Phi) is 4.36. The van der Waals surface area contributed by atoms with Gasteiger partial charge in [0.15, 0.2) is 0 Å². The third-order valence-corrected chi connectivity index (χ3v) is 5.36. The molecule has 1 aromatic carbocycles. The van der Waals surface area contributed by atoms with Gasteiger partial charge in [-0.2, -0.15) is 4.98 Å². The summed E-state index contributed by atoms with van der Waals surface area (Å²) in [6.07, 6.45) is 2.27. The van der Waals surface area contributed by atoms with E-state index in [1.165, 1.54) is 0 Å². The fourth-order valence-corrected chi connectivity index (χ4v) is 3.95. The van der Waals surface area contributed by atoms with Crippen LogP contribution in [0.15, 0.2) is 46.3 Å². The number of hydrogen-bond donors (Lipinski definition) is 0. The normalized spacial score (nSPS) is 17.2. The lowest BCUT2D eigenvalue weighted by molar-refractivity contribution is -0.131. The van der Waals surface area contributed by atoms with Crippen molar-refractivity contribution in [2.45, 2.75) is 32.2 Å². The van der Waals surface area contributed by atoms with Crippen molar-refractivity contribution in [1.82, 2.24) is 15.0 Å². The van der Waals surface area contributed by atoms with Crippen LogP contribution in [-0.4, -0.2) is 27.5 Å². The van der Waals surface area contributed by atoms with Crippen LogP contribution in [-0.2, 0) is 11.2 Å². The van der Waals surface area contributed by atoms with Crippen LogP contribution in [0.4, 0.5) is 0 Å². The summed E-state index contributed by atoms with van der Waals surface area (Å²) in [4.78, 5) is 20.2. The lowest BCUT2D eigenvalue weighted by Gasteiger charge is -2.21. The SMILES string of the molecule is Cc1cccc(-c2noc([C@@H]3CCCN3C(=O)Cc3cccs3)n2)c1. The number of rotatable bonds is 4. The van der Waals surface area contributed by atoms with Gasteiger partial charge in [0.25, 0.3) is 0 Å². The first kappa shape index (κ1) is 16.0. The molecule has 1 atom stereocenters. The standard InChI is InChI=1S/C19H19N3O2S/c1-13-5-2-6-14(11-13)18-20-19(24-21-18)16-8-3-9-22(16)17(23)12-15-7-4-10-25-15/h2,4-7,10-11,16H,3,8-9,12H2,1H3/t16-/m0/s1. The topological polar surface area (TPSA) is 59.2 Å². The molecule has 1 aliphatic heterocycles. The zero-order valence-corrected chi connectivity index (χ0v) is 14.8. The number of aromatic nitrogens is 2. The Labute approximate surface area is 150 Å². The molecule has 5 nitrogen and oxygen atoms in total. The number of hydrogen-bond acceptors (Lipinski definition) is 5. The lowest BCUT2D eigenvalue weighted by atomic mass is 10.1. The van der Waals surface area contributed by atoms with Gasteiger partial charge in [0, 0.05) is 17.0 Å². The minimum absolute atomic E-state index is 0.112. The largest absolute Gasteiger partial charge is 0.337 e. The summed E-state index contributed by atoms with van der Waals surface area (Å²) in [6.45, 7) is 2.78. The molecule has 2 aromatic heterocycles. The van der Waals surface area contributed by atoms with Crippen LogP contribution in [0.1, 0.15) is 35.2 Å². The molecule has 1 aliphatic rings. The number of benzene rings is 1. The van der Waals surface area contributed by atoms with Crippen molar-refractivity contribution in [3.63, 3.8) is 0 Å². The predicted octanol–water partition coefficient (Wildman–Crippen LogP) is 4.01. The molecular formula is C19H19N3O2S. The van der Waals surface area contributed by atoms with Crippen molar-refractivity contribution in [1.29, 1.82) is 0 Å². The van der Waals surface area contributed by atoms with Gasteiger partial charge in [-0.15, -0.1) is 11.3 Å². The second-order valence-electron chi connectivity index (χ2n) is 6.33. The van der Waals surface area contributed by atoms with Crippen LogP contribution in [0.2, 0.25) is 0 Å². The van der Waals surface area contributed by atoms with Gasteiger partial charge in [0.1, 0.15) is 6.04 Å². The van der Waals surface area contributed by atoms with E-state index in [2.05, 4.69) is 10.1 Å². The van der Waals surface area contributed by atoms with Crippen molar-refractivity contribution < 1.29 is 9.32 Å². The molecule has 6 heteroatoms. The number of amides is 1. The molecule has 0 aliphatic carbocycles. The van der Waals surface area contributed by atoms with Crippen LogP contribution < -0.4 is 0 Å². The predicted molar refractivity (Wildman–Crippen MR) is 96.2 cm³/mol. The van der Waals surface area contributed by atoms with Crippen LogP contribution >= 0.6 is 11.3 Å². The van der Waals surface area contributed by atoms with E-state index in [0.717, 1.165) is 35.4 Å². The average Bonchev–Trinajstić information content (AvgIpc) is 3.35. The quantitative estimate of drug-likeness (QED) is 0.711. The molecule has 25 heavy (non-hydrogen) atoms. The Bertz CT molecular complexity index is 872. The second kappa shape index (κ2) is 6.80. The summed E-state index contributed by atoms with van der Waals surface area (Å²) in [7, 11) is 0. The number of carbonyl (C=O) groups excluding carboxylic acids is 1. The van der Waals surface area contributed by atoms with Crippen LogP contribution in [0.5, 0.6) is 0 Å². The first-order valence-electron chi connectivity index (χ1n) is 8.43. The highest BCUT2D eigenvalue weighted by atomic mass is 32.1. The Morgan fingerprint density at radius 2 is 2.28 bits per heavy atom. The van der Waals surface area contributed by atoms with Gasteiger partial charge >= 0.3 is 0 Å². The molecule has 0 bridgehead atoms. The summed E-state index contributed by atoms with van der Waals surface area (Å²) in [5, 5.41) is 6.12. The summed E-state index contributed by atoms with van der Waals surface area (Å²) in [5.41, 5.74) is 2.09. The minimum atomic E-state index is -0.112. The first-order chi connectivity index (χ1) is 12.2. The van der Waals surface area contributed by atoms with E-state index in [-0.39, 0.29) is 11.9 Å². The molecule has 0 spiro atoms. The fourth-order valence-electron chi connectivity index (χ4n) is 3.26. The molecule has 0 radical (unpaired) electrons. The zero-order chi connectivity index (χ0) is 17.2. The molecule has 1 fully saturated rings. The van der Waals surface area contributed by atoms with E-state index in [4.69, 9.17) is 4.52 Å². The molecule has 0 unspecified atom stereocenters. The lowest BCUT2D eigenvalue weighted by Crippen LogP contribution is -2.31. The Balaban J connectivity index is 1.53. The highest BCUT2D eigenvalue weighted by molar-refractivity contribution is 7.10. The molecule has 1 saturated heterocycles. The monoisotopic (exact) mass is 353 g/mol. The maximum atomic E-state index is 12.7. The zero-order valence-electron chi connectivity index (χ0n) is 14.0. The highest BCUT2D eigenvalue weighted by Gasteiger charge is 2.34. The second-order valence-corrected chi connectivity index (χ2v) is 7.36. The summed E-state index contributed by atoms with van der Waals surface area (Å²) in [5.74, 6) is 1.24. The van der Waals surface area contributed by atoms with Crippen molar-refractivity contribution in [2.24, 2.45) is 0 Å². The van der Waals surface area contributed by atoms with Crippen molar-refractivity contribution in [3.05, 3.63) is 58.1 Å². The third-order valence-electron chi connectivity index (χ3n) is 4.48. The average molecular weight is 353 g/mol. The number of likely N-dealkylation sites (tertiary alicyclic amines) is 1. The maximum Gasteiger partial charge on any atom is 0.249 e. The molecule has 0 saturated carbocycles. The summed E-state index contributed by atoms with van der Waals surface area (Å²) in [6, 6.07) is 11.9. The Morgan fingerprint density at radius 1 is 1.36 bits per heavy atom. The number of thiophene rings is 1. The molecule has 1 amide bonds. The minimum Gasteiger partial charge on any atom is -0.337 e. The number of carbonyl (C=O) groups is 1. The van der Waals surface area contributed by atoms with Gasteiger partial charge in [-0.3, -0.25) is 4.79 Å².